The maximum Gasteiger partial charge on any atom is 0.0327 e. The number of aryl methyl sites for hydroxylation is 1. The summed E-state index contributed by atoms with van der Waals surface area (Å²) in [7, 11) is 2.18. The van der Waals surface area contributed by atoms with Gasteiger partial charge in [0.25, 0.3) is 0 Å². The van der Waals surface area contributed by atoms with E-state index in [2.05, 4.69) is 30.3 Å². The van der Waals surface area contributed by atoms with Crippen LogP contribution < -0.4 is 5.73 Å². The van der Waals surface area contributed by atoms with Crippen molar-refractivity contribution in [1.82, 2.24) is 4.90 Å². The number of thiophene rings is 1. The minimum Gasteiger partial charge on any atom is -0.330 e. The van der Waals surface area contributed by atoms with Gasteiger partial charge in [0.1, 0.15) is 0 Å². The van der Waals surface area contributed by atoms with Crippen molar-refractivity contribution >= 4 is 11.3 Å². The molecule has 2 N–H and O–H groups in total. The number of hydrogen-bond acceptors (Lipinski definition) is 3. The van der Waals surface area contributed by atoms with E-state index in [4.69, 9.17) is 5.73 Å². The number of hydrogen-bond donors (Lipinski definition) is 1. The highest BCUT2D eigenvalue weighted by Gasteiger charge is 2.03. The Hall–Kier alpha value is -0.380. The third-order valence-corrected chi connectivity index (χ3v) is 3.38. The summed E-state index contributed by atoms with van der Waals surface area (Å²) in [6.45, 7) is 5.22. The Morgan fingerprint density at radius 3 is 2.79 bits per heavy atom. The van der Waals surface area contributed by atoms with Gasteiger partial charge in [-0.3, -0.25) is 0 Å². The molecule has 14 heavy (non-hydrogen) atoms. The molecule has 0 saturated carbocycles. The van der Waals surface area contributed by atoms with Crippen molar-refractivity contribution in [3.8, 4) is 0 Å². The predicted molar refractivity (Wildman–Crippen MR) is 63.7 cm³/mol. The highest BCUT2D eigenvalue weighted by atomic mass is 32.1. The Bertz CT molecular complexity index is 258. The van der Waals surface area contributed by atoms with E-state index in [1.807, 2.05) is 11.3 Å². The van der Waals surface area contributed by atoms with Crippen LogP contribution in [0.3, 0.4) is 0 Å². The highest BCUT2D eigenvalue weighted by Crippen LogP contribution is 2.17. The lowest BCUT2D eigenvalue weighted by molar-refractivity contribution is 0.321. The minimum absolute atomic E-state index is 0.811. The Morgan fingerprint density at radius 2 is 2.21 bits per heavy atom. The Morgan fingerprint density at radius 1 is 1.43 bits per heavy atom. The molecule has 0 saturated heterocycles. The van der Waals surface area contributed by atoms with Gasteiger partial charge in [-0.25, -0.2) is 0 Å². The third kappa shape index (κ3) is 3.78. The summed E-state index contributed by atoms with van der Waals surface area (Å²) in [4.78, 5) is 3.86. The highest BCUT2D eigenvalue weighted by molar-refractivity contribution is 7.10. The van der Waals surface area contributed by atoms with E-state index < -0.39 is 0 Å². The maximum absolute atomic E-state index is 5.46. The number of nitrogens with two attached hydrogens (primary N) is 1. The molecular weight excluding hydrogens is 192 g/mol. The fraction of sp³-hybridized carbons (Fsp3) is 0.636. The largest absolute Gasteiger partial charge is 0.330 e. The van der Waals surface area contributed by atoms with Gasteiger partial charge in [0, 0.05) is 11.4 Å². The average molecular weight is 212 g/mol. The van der Waals surface area contributed by atoms with Gasteiger partial charge in [-0.05, 0) is 56.9 Å². The van der Waals surface area contributed by atoms with Crippen molar-refractivity contribution in [2.24, 2.45) is 5.73 Å². The molecule has 80 valence electrons. The first kappa shape index (κ1) is 11.7. The lowest BCUT2D eigenvalue weighted by atomic mass is 10.2. The van der Waals surface area contributed by atoms with Crippen molar-refractivity contribution in [1.29, 1.82) is 0 Å². The summed E-state index contributed by atoms with van der Waals surface area (Å²) in [6, 6.07) is 2.19. The van der Waals surface area contributed by atoms with Gasteiger partial charge >= 0.3 is 0 Å². The summed E-state index contributed by atoms with van der Waals surface area (Å²) in [5, 5.41) is 2.17. The smallest absolute Gasteiger partial charge is 0.0327 e. The van der Waals surface area contributed by atoms with Crippen LogP contribution in [0.1, 0.15) is 23.3 Å². The normalized spacial score (nSPS) is 11.1. The summed E-state index contributed by atoms with van der Waals surface area (Å²) in [5.74, 6) is 0. The zero-order valence-corrected chi connectivity index (χ0v) is 9.94. The predicted octanol–water partition coefficient (Wildman–Crippen LogP) is 2.23. The van der Waals surface area contributed by atoms with Crippen LogP contribution in [0.2, 0.25) is 0 Å². The number of unbranched alkanes of at least 4 members (excludes halogenated alkanes) is 1. The van der Waals surface area contributed by atoms with Gasteiger partial charge in [0.15, 0.2) is 0 Å². The van der Waals surface area contributed by atoms with Crippen LogP contribution in [0.15, 0.2) is 11.4 Å². The molecule has 0 amide bonds. The molecule has 0 fully saturated rings. The van der Waals surface area contributed by atoms with Crippen LogP contribution in [-0.2, 0) is 6.54 Å². The van der Waals surface area contributed by atoms with Crippen molar-refractivity contribution < 1.29 is 0 Å². The van der Waals surface area contributed by atoms with E-state index in [9.17, 15) is 0 Å². The molecule has 0 aliphatic carbocycles. The average Bonchev–Trinajstić information content (AvgIpc) is 2.52. The molecule has 1 rings (SSSR count). The van der Waals surface area contributed by atoms with Crippen molar-refractivity contribution in [3.63, 3.8) is 0 Å². The molecule has 3 heteroatoms. The van der Waals surface area contributed by atoms with Crippen LogP contribution in [-0.4, -0.2) is 25.0 Å². The second kappa shape index (κ2) is 6.17. The van der Waals surface area contributed by atoms with E-state index >= 15 is 0 Å². The lowest BCUT2D eigenvalue weighted by Crippen LogP contribution is -2.19. The van der Waals surface area contributed by atoms with Gasteiger partial charge in [0.05, 0.1) is 0 Å². The van der Waals surface area contributed by atoms with Gasteiger partial charge in [-0.15, -0.1) is 11.3 Å². The van der Waals surface area contributed by atoms with E-state index in [1.54, 1.807) is 0 Å². The van der Waals surface area contributed by atoms with Crippen LogP contribution in [0, 0.1) is 6.92 Å². The molecule has 0 spiro atoms. The van der Waals surface area contributed by atoms with Gasteiger partial charge in [-0.1, -0.05) is 0 Å². The van der Waals surface area contributed by atoms with E-state index in [0.717, 1.165) is 26.1 Å². The molecule has 0 aromatic carbocycles. The monoisotopic (exact) mass is 212 g/mol. The molecule has 1 aromatic heterocycles. The van der Waals surface area contributed by atoms with E-state index in [0.29, 0.717) is 0 Å². The molecule has 2 nitrogen and oxygen atoms in total. The van der Waals surface area contributed by atoms with Gasteiger partial charge in [0.2, 0.25) is 0 Å². The Kier molecular flexibility index (Phi) is 5.15. The summed E-state index contributed by atoms with van der Waals surface area (Å²) >= 11 is 1.85. The quantitative estimate of drug-likeness (QED) is 0.733. The number of rotatable bonds is 6. The second-order valence-electron chi connectivity index (χ2n) is 3.76. The molecule has 0 aliphatic heterocycles. The zero-order valence-electron chi connectivity index (χ0n) is 9.12. The molecular formula is C11H20N2S. The van der Waals surface area contributed by atoms with Crippen molar-refractivity contribution in [3.05, 3.63) is 21.9 Å². The molecule has 0 unspecified atom stereocenters. The van der Waals surface area contributed by atoms with Crippen LogP contribution >= 0.6 is 11.3 Å². The first-order chi connectivity index (χ1) is 6.74. The van der Waals surface area contributed by atoms with E-state index in [-0.39, 0.29) is 0 Å². The van der Waals surface area contributed by atoms with Crippen LogP contribution in [0.4, 0.5) is 0 Å². The molecule has 1 aromatic rings. The fourth-order valence-electron chi connectivity index (χ4n) is 1.42. The molecule has 0 atom stereocenters. The SMILES string of the molecule is Cc1ccsc1CN(C)CCCCN. The number of nitrogens with zero attached hydrogens (tertiary/aromatic N) is 1. The maximum atomic E-state index is 5.46. The van der Waals surface area contributed by atoms with Crippen molar-refractivity contribution in [2.75, 3.05) is 20.1 Å². The minimum atomic E-state index is 0.811. The van der Waals surface area contributed by atoms with E-state index in [1.165, 1.54) is 16.9 Å². The van der Waals surface area contributed by atoms with Gasteiger partial charge in [-0.2, -0.15) is 0 Å². The molecule has 0 aliphatic rings. The zero-order chi connectivity index (χ0) is 10.4. The Balaban J connectivity index is 2.27. The lowest BCUT2D eigenvalue weighted by Gasteiger charge is -2.15. The van der Waals surface area contributed by atoms with Crippen molar-refractivity contribution in [2.45, 2.75) is 26.3 Å². The van der Waals surface area contributed by atoms with Gasteiger partial charge < -0.3 is 10.6 Å². The topological polar surface area (TPSA) is 29.3 Å². The molecule has 0 bridgehead atoms. The third-order valence-electron chi connectivity index (χ3n) is 2.38. The first-order valence-electron chi connectivity index (χ1n) is 5.15. The van der Waals surface area contributed by atoms with Crippen LogP contribution in [0.25, 0.3) is 0 Å². The standard InChI is InChI=1S/C11H20N2S/c1-10-5-8-14-11(10)9-13(2)7-4-3-6-12/h5,8H,3-4,6-7,9,12H2,1-2H3. The summed E-state index contributed by atoms with van der Waals surface area (Å²) in [5.41, 5.74) is 6.88. The summed E-state index contributed by atoms with van der Waals surface area (Å²) in [6.07, 6.45) is 2.34. The fourth-order valence-corrected chi connectivity index (χ4v) is 2.40. The summed E-state index contributed by atoms with van der Waals surface area (Å²) < 4.78 is 0. The first-order valence-corrected chi connectivity index (χ1v) is 6.03. The second-order valence-corrected chi connectivity index (χ2v) is 4.76. The molecule has 0 radical (unpaired) electrons. The van der Waals surface area contributed by atoms with Crippen LogP contribution in [0.5, 0.6) is 0 Å². The molecule has 1 heterocycles. The Labute approximate surface area is 90.7 Å².